The molecule has 1 aliphatic heterocycles. The van der Waals surface area contributed by atoms with Gasteiger partial charge in [0.1, 0.15) is 0 Å². The van der Waals surface area contributed by atoms with E-state index < -0.39 is 0 Å². The molecule has 0 unspecified atom stereocenters. The summed E-state index contributed by atoms with van der Waals surface area (Å²) in [6, 6.07) is 6.77. The summed E-state index contributed by atoms with van der Waals surface area (Å²) in [7, 11) is 0. The highest BCUT2D eigenvalue weighted by molar-refractivity contribution is 6.43. The first kappa shape index (κ1) is 16.0. The van der Waals surface area contributed by atoms with E-state index in [1.807, 2.05) is 4.57 Å². The van der Waals surface area contributed by atoms with Crippen molar-refractivity contribution >= 4 is 29.1 Å². The average molecular weight is 375 g/mol. The molecule has 1 aliphatic rings. The van der Waals surface area contributed by atoms with Crippen molar-refractivity contribution in [2.75, 3.05) is 6.54 Å². The zero-order valence-corrected chi connectivity index (χ0v) is 14.4. The lowest BCUT2D eigenvalue weighted by Gasteiger charge is -2.28. The van der Waals surface area contributed by atoms with Crippen LogP contribution in [0.15, 0.2) is 36.7 Å². The fourth-order valence-electron chi connectivity index (χ4n) is 2.75. The summed E-state index contributed by atoms with van der Waals surface area (Å²) in [5.41, 5.74) is 0.383. The summed E-state index contributed by atoms with van der Waals surface area (Å²) in [6.45, 7) is 1.40. The molecule has 0 fully saturated rings. The van der Waals surface area contributed by atoms with E-state index in [2.05, 4.69) is 20.2 Å². The summed E-state index contributed by atoms with van der Waals surface area (Å²) >= 11 is 12.2. The van der Waals surface area contributed by atoms with Crippen molar-refractivity contribution in [1.82, 2.24) is 29.6 Å². The summed E-state index contributed by atoms with van der Waals surface area (Å²) in [5.74, 6) is 1.61. The number of halogens is 2. The maximum Gasteiger partial charge on any atom is 0.255 e. The van der Waals surface area contributed by atoms with Gasteiger partial charge in [0.2, 0.25) is 5.82 Å². The van der Waals surface area contributed by atoms with Gasteiger partial charge in [0.05, 0.1) is 22.2 Å². The summed E-state index contributed by atoms with van der Waals surface area (Å²) < 4.78 is 1.93. The minimum Gasteiger partial charge on any atom is -0.329 e. The van der Waals surface area contributed by atoms with Gasteiger partial charge < -0.3 is 9.47 Å². The quantitative estimate of drug-likeness (QED) is 0.688. The first-order valence-corrected chi connectivity index (χ1v) is 8.33. The number of nitrogens with zero attached hydrogens (tertiary/aromatic N) is 6. The summed E-state index contributed by atoms with van der Waals surface area (Å²) in [5, 5.41) is 8.97. The molecule has 0 saturated carbocycles. The Labute approximate surface area is 153 Å². The molecule has 1 amide bonds. The fraction of sp³-hybridized carbons (Fsp3) is 0.188. The molecule has 0 bridgehead atoms. The van der Waals surface area contributed by atoms with E-state index >= 15 is 0 Å². The second-order valence-corrected chi connectivity index (χ2v) is 6.28. The van der Waals surface area contributed by atoms with Crippen LogP contribution in [0.25, 0.3) is 11.6 Å². The lowest BCUT2D eigenvalue weighted by molar-refractivity contribution is 0.0708. The van der Waals surface area contributed by atoms with Crippen molar-refractivity contribution in [3.05, 3.63) is 58.1 Å². The lowest BCUT2D eigenvalue weighted by atomic mass is 10.2. The second-order valence-electron chi connectivity index (χ2n) is 5.49. The van der Waals surface area contributed by atoms with Crippen LogP contribution in [0.5, 0.6) is 0 Å². The molecule has 0 aliphatic carbocycles. The number of hydrogen-bond acceptors (Lipinski definition) is 5. The molecule has 3 heterocycles. The minimum atomic E-state index is -0.181. The third-order valence-electron chi connectivity index (χ3n) is 3.99. The number of aromatic nitrogens is 5. The molecule has 126 valence electrons. The van der Waals surface area contributed by atoms with Crippen LogP contribution in [0.1, 0.15) is 16.2 Å². The molecule has 0 N–H and O–H groups in total. The Morgan fingerprint density at radius 2 is 1.84 bits per heavy atom. The van der Waals surface area contributed by atoms with Crippen molar-refractivity contribution < 1.29 is 4.79 Å². The lowest BCUT2D eigenvalue weighted by Crippen LogP contribution is -2.38. The molecule has 0 spiro atoms. The number of benzene rings is 1. The van der Waals surface area contributed by atoms with E-state index in [-0.39, 0.29) is 10.9 Å². The normalized spacial score (nSPS) is 13.6. The zero-order valence-electron chi connectivity index (χ0n) is 12.9. The smallest absolute Gasteiger partial charge is 0.255 e. The predicted molar refractivity (Wildman–Crippen MR) is 92.3 cm³/mol. The van der Waals surface area contributed by atoms with E-state index in [0.29, 0.717) is 47.7 Å². The van der Waals surface area contributed by atoms with Crippen LogP contribution in [0.2, 0.25) is 10.0 Å². The number of carbonyl (C=O) groups excluding carboxylic acids is 1. The van der Waals surface area contributed by atoms with Crippen LogP contribution in [-0.2, 0) is 13.1 Å². The molecule has 2 aromatic heterocycles. The van der Waals surface area contributed by atoms with Gasteiger partial charge >= 0.3 is 0 Å². The highest BCUT2D eigenvalue weighted by atomic mass is 35.5. The van der Waals surface area contributed by atoms with Gasteiger partial charge in [-0.15, -0.1) is 10.2 Å². The molecule has 9 heteroatoms. The number of carbonyl (C=O) groups is 1. The molecular formula is C16H12Cl2N6O. The zero-order chi connectivity index (χ0) is 17.4. The molecule has 1 aromatic carbocycles. The molecule has 7 nitrogen and oxygen atoms in total. The van der Waals surface area contributed by atoms with Crippen molar-refractivity contribution in [2.45, 2.75) is 13.1 Å². The Morgan fingerprint density at radius 1 is 1.04 bits per heavy atom. The topological polar surface area (TPSA) is 76.8 Å². The summed E-state index contributed by atoms with van der Waals surface area (Å²) in [6.07, 6.45) is 3.31. The highest BCUT2D eigenvalue weighted by Gasteiger charge is 2.27. The fourth-order valence-corrected chi connectivity index (χ4v) is 3.13. The van der Waals surface area contributed by atoms with Gasteiger partial charge in [0, 0.05) is 25.5 Å². The van der Waals surface area contributed by atoms with Gasteiger partial charge in [-0.1, -0.05) is 29.3 Å². The molecule has 3 aromatic rings. The van der Waals surface area contributed by atoms with E-state index in [1.54, 1.807) is 41.6 Å². The third kappa shape index (κ3) is 2.85. The molecule has 0 radical (unpaired) electrons. The van der Waals surface area contributed by atoms with E-state index in [9.17, 15) is 4.79 Å². The van der Waals surface area contributed by atoms with Crippen LogP contribution in [-0.4, -0.2) is 42.1 Å². The van der Waals surface area contributed by atoms with Gasteiger partial charge in [-0.05, 0) is 18.2 Å². The van der Waals surface area contributed by atoms with Crippen LogP contribution < -0.4 is 0 Å². The van der Waals surface area contributed by atoms with Crippen LogP contribution in [0.4, 0.5) is 0 Å². The number of fused-ring (bicyclic) bond motifs is 1. The number of amides is 1. The second kappa shape index (κ2) is 6.42. The van der Waals surface area contributed by atoms with Crippen molar-refractivity contribution in [3.63, 3.8) is 0 Å². The first-order valence-electron chi connectivity index (χ1n) is 7.58. The largest absolute Gasteiger partial charge is 0.329 e. The first-order chi connectivity index (χ1) is 12.1. The van der Waals surface area contributed by atoms with Crippen LogP contribution in [0.3, 0.4) is 0 Å². The average Bonchev–Trinajstić information content (AvgIpc) is 3.07. The van der Waals surface area contributed by atoms with Crippen molar-refractivity contribution in [2.24, 2.45) is 0 Å². The molecule has 0 atom stereocenters. The Kier molecular flexibility index (Phi) is 4.10. The van der Waals surface area contributed by atoms with E-state index in [1.165, 1.54) is 0 Å². The molecule has 4 rings (SSSR count). The van der Waals surface area contributed by atoms with Gasteiger partial charge in [0.25, 0.3) is 5.91 Å². The standard InChI is InChI=1S/C16H12Cl2N6O/c17-11-4-1-3-10(13(11)18)16(25)23-7-8-24-12(9-23)21-22-15(24)14-19-5-2-6-20-14/h1-6H,7-9H2. The van der Waals surface area contributed by atoms with Crippen LogP contribution in [0, 0.1) is 0 Å². The Bertz CT molecular complexity index is 943. The van der Waals surface area contributed by atoms with Gasteiger partial charge in [0.15, 0.2) is 11.6 Å². The van der Waals surface area contributed by atoms with E-state index in [4.69, 9.17) is 23.2 Å². The van der Waals surface area contributed by atoms with Gasteiger partial charge in [-0.3, -0.25) is 4.79 Å². The Morgan fingerprint density at radius 3 is 2.64 bits per heavy atom. The molecule has 0 saturated heterocycles. The Balaban J connectivity index is 1.61. The minimum absolute atomic E-state index is 0.181. The Hall–Kier alpha value is -2.51. The monoisotopic (exact) mass is 374 g/mol. The third-order valence-corrected chi connectivity index (χ3v) is 4.81. The summed E-state index contributed by atoms with van der Waals surface area (Å²) in [4.78, 5) is 22.8. The van der Waals surface area contributed by atoms with E-state index in [0.717, 1.165) is 0 Å². The SMILES string of the molecule is O=C(c1cccc(Cl)c1Cl)N1CCn2c(nnc2-c2ncccn2)C1. The maximum atomic E-state index is 12.8. The number of hydrogen-bond donors (Lipinski definition) is 0. The van der Waals surface area contributed by atoms with Crippen LogP contribution >= 0.6 is 23.2 Å². The molecule has 25 heavy (non-hydrogen) atoms. The molecular weight excluding hydrogens is 363 g/mol. The number of rotatable bonds is 2. The van der Waals surface area contributed by atoms with Gasteiger partial charge in [-0.25, -0.2) is 9.97 Å². The predicted octanol–water partition coefficient (Wildman–Crippen LogP) is 2.70. The van der Waals surface area contributed by atoms with Crippen molar-refractivity contribution in [3.8, 4) is 11.6 Å². The van der Waals surface area contributed by atoms with Crippen molar-refractivity contribution in [1.29, 1.82) is 0 Å². The highest BCUT2D eigenvalue weighted by Crippen LogP contribution is 2.28. The maximum absolute atomic E-state index is 12.8. The van der Waals surface area contributed by atoms with Gasteiger partial charge in [-0.2, -0.15) is 0 Å².